The van der Waals surface area contributed by atoms with E-state index >= 15 is 0 Å². The van der Waals surface area contributed by atoms with Gasteiger partial charge in [0.25, 0.3) is 0 Å². The number of hydrogen-bond acceptors (Lipinski definition) is 3. The number of aliphatic hydroxyl groups excluding tert-OH is 1. The average Bonchev–Trinajstić information content (AvgIpc) is 2.95. The maximum atomic E-state index is 13.8. The number of aliphatic hydroxyl groups is 1. The summed E-state index contributed by atoms with van der Waals surface area (Å²) in [5.74, 6) is -1.22. The van der Waals surface area contributed by atoms with Crippen molar-refractivity contribution in [3.05, 3.63) is 42.5 Å². The molecule has 2 N–H and O–H groups in total. The molecule has 1 aliphatic rings. The summed E-state index contributed by atoms with van der Waals surface area (Å²) in [6, 6.07) is 3.07. The number of carbonyl (C=O) groups excluding carboxylic acids is 1. The molecular formula is C16H21F2N3O2. The van der Waals surface area contributed by atoms with Crippen molar-refractivity contribution >= 4 is 11.7 Å². The van der Waals surface area contributed by atoms with Gasteiger partial charge in [0.2, 0.25) is 0 Å². The second-order valence-corrected chi connectivity index (χ2v) is 5.44. The minimum absolute atomic E-state index is 0.126. The smallest absolute Gasteiger partial charge is 0.318 e. The minimum Gasteiger partial charge on any atom is -0.395 e. The van der Waals surface area contributed by atoms with Crippen LogP contribution in [0.25, 0.3) is 0 Å². The summed E-state index contributed by atoms with van der Waals surface area (Å²) in [5.41, 5.74) is 0.335. The molecule has 1 unspecified atom stereocenters. The first-order chi connectivity index (χ1) is 11.0. The molecule has 1 aliphatic heterocycles. The number of anilines is 1. The molecular weight excluding hydrogens is 304 g/mol. The average molecular weight is 325 g/mol. The fourth-order valence-corrected chi connectivity index (χ4v) is 2.65. The number of nitrogens with zero attached hydrogens (tertiary/aromatic N) is 2. The van der Waals surface area contributed by atoms with Gasteiger partial charge in [-0.3, -0.25) is 0 Å². The molecule has 0 saturated carbocycles. The minimum atomic E-state index is -0.612. The number of hydrogen-bond donors (Lipinski definition) is 2. The van der Waals surface area contributed by atoms with Gasteiger partial charge in [-0.25, -0.2) is 13.6 Å². The fraction of sp³-hybridized carbons (Fsp3) is 0.438. The van der Waals surface area contributed by atoms with Gasteiger partial charge in [-0.2, -0.15) is 0 Å². The third kappa shape index (κ3) is 4.41. The molecule has 0 bridgehead atoms. The highest BCUT2D eigenvalue weighted by Gasteiger charge is 2.27. The summed E-state index contributed by atoms with van der Waals surface area (Å²) in [5, 5.41) is 11.8. The van der Waals surface area contributed by atoms with Crippen LogP contribution in [0.4, 0.5) is 19.3 Å². The lowest BCUT2D eigenvalue weighted by atomic mass is 10.2. The van der Waals surface area contributed by atoms with E-state index in [1.165, 1.54) is 17.0 Å². The van der Waals surface area contributed by atoms with Crippen LogP contribution >= 0.6 is 0 Å². The molecule has 0 aliphatic carbocycles. The van der Waals surface area contributed by atoms with E-state index in [1.54, 1.807) is 11.0 Å². The van der Waals surface area contributed by atoms with Crippen LogP contribution in [-0.4, -0.2) is 54.9 Å². The van der Waals surface area contributed by atoms with Gasteiger partial charge < -0.3 is 20.2 Å². The predicted octanol–water partition coefficient (Wildman–Crippen LogP) is 1.73. The van der Waals surface area contributed by atoms with E-state index < -0.39 is 11.6 Å². The van der Waals surface area contributed by atoms with E-state index in [0.29, 0.717) is 31.7 Å². The first-order valence-corrected chi connectivity index (χ1v) is 7.52. The zero-order valence-electron chi connectivity index (χ0n) is 12.8. The zero-order chi connectivity index (χ0) is 16.8. The SMILES string of the molecule is C=CCN(CCO)C(=O)NC1CCN(c2ccc(F)cc2F)C1. The van der Waals surface area contributed by atoms with Gasteiger partial charge in [-0.1, -0.05) is 6.08 Å². The maximum absolute atomic E-state index is 13.8. The van der Waals surface area contributed by atoms with Crippen molar-refractivity contribution in [2.45, 2.75) is 12.5 Å². The molecule has 2 amide bonds. The van der Waals surface area contributed by atoms with Gasteiger partial charge in [-0.15, -0.1) is 6.58 Å². The Labute approximate surface area is 134 Å². The summed E-state index contributed by atoms with van der Waals surface area (Å²) in [6.07, 6.45) is 2.26. The molecule has 1 atom stereocenters. The topological polar surface area (TPSA) is 55.8 Å². The summed E-state index contributed by atoms with van der Waals surface area (Å²) in [4.78, 5) is 15.4. The van der Waals surface area contributed by atoms with Crippen molar-refractivity contribution in [1.82, 2.24) is 10.2 Å². The number of benzene rings is 1. The van der Waals surface area contributed by atoms with Gasteiger partial charge in [0, 0.05) is 38.3 Å². The Morgan fingerprint density at radius 3 is 2.96 bits per heavy atom. The highest BCUT2D eigenvalue weighted by atomic mass is 19.1. The van der Waals surface area contributed by atoms with E-state index in [0.717, 1.165) is 6.07 Å². The molecule has 1 aromatic rings. The van der Waals surface area contributed by atoms with Crippen molar-refractivity contribution in [3.8, 4) is 0 Å². The predicted molar refractivity (Wildman–Crippen MR) is 84.4 cm³/mol. The van der Waals surface area contributed by atoms with E-state index in [4.69, 9.17) is 5.11 Å². The summed E-state index contributed by atoms with van der Waals surface area (Å²) in [7, 11) is 0. The third-order valence-corrected chi connectivity index (χ3v) is 3.77. The Morgan fingerprint density at radius 2 is 2.30 bits per heavy atom. The van der Waals surface area contributed by atoms with E-state index in [-0.39, 0.29) is 25.2 Å². The molecule has 1 fully saturated rings. The summed E-state index contributed by atoms with van der Waals surface area (Å²) >= 11 is 0. The second kappa shape index (κ2) is 7.92. The normalized spacial score (nSPS) is 17.2. The molecule has 0 aromatic heterocycles. The second-order valence-electron chi connectivity index (χ2n) is 5.44. The van der Waals surface area contributed by atoms with Crippen LogP contribution < -0.4 is 10.2 Å². The Kier molecular flexibility index (Phi) is 5.92. The molecule has 23 heavy (non-hydrogen) atoms. The van der Waals surface area contributed by atoms with E-state index in [9.17, 15) is 13.6 Å². The molecule has 7 heteroatoms. The fourth-order valence-electron chi connectivity index (χ4n) is 2.65. The molecule has 0 radical (unpaired) electrons. The number of carbonyl (C=O) groups is 1. The van der Waals surface area contributed by atoms with Gasteiger partial charge in [0.15, 0.2) is 0 Å². The largest absolute Gasteiger partial charge is 0.395 e. The molecule has 0 spiro atoms. The maximum Gasteiger partial charge on any atom is 0.318 e. The van der Waals surface area contributed by atoms with Gasteiger partial charge >= 0.3 is 6.03 Å². The van der Waals surface area contributed by atoms with Crippen LogP contribution in [0.15, 0.2) is 30.9 Å². The van der Waals surface area contributed by atoms with Crippen molar-refractivity contribution in [2.24, 2.45) is 0 Å². The van der Waals surface area contributed by atoms with Gasteiger partial charge in [0.05, 0.1) is 12.3 Å². The quantitative estimate of drug-likeness (QED) is 0.783. The highest BCUT2D eigenvalue weighted by Crippen LogP contribution is 2.24. The molecule has 1 aromatic carbocycles. The number of rotatable bonds is 6. The standard InChI is InChI=1S/C16H21F2N3O2/c1-2-6-20(8-9-22)16(23)19-13-5-7-21(11-13)15-4-3-12(17)10-14(15)18/h2-4,10,13,22H,1,5-9,11H2,(H,19,23). The van der Waals surface area contributed by atoms with Crippen LogP contribution in [0, 0.1) is 11.6 Å². The van der Waals surface area contributed by atoms with Gasteiger partial charge in [0.1, 0.15) is 11.6 Å². The van der Waals surface area contributed by atoms with Crippen molar-refractivity contribution in [3.63, 3.8) is 0 Å². The third-order valence-electron chi connectivity index (χ3n) is 3.77. The summed E-state index contributed by atoms with van der Waals surface area (Å²) in [6.45, 7) is 5.05. The van der Waals surface area contributed by atoms with Crippen LogP contribution in [0.2, 0.25) is 0 Å². The Morgan fingerprint density at radius 1 is 1.52 bits per heavy atom. The van der Waals surface area contributed by atoms with Crippen LogP contribution in [0.3, 0.4) is 0 Å². The molecule has 1 saturated heterocycles. The Balaban J connectivity index is 1.94. The van der Waals surface area contributed by atoms with Crippen molar-refractivity contribution < 1.29 is 18.7 Å². The Bertz CT molecular complexity index is 568. The summed E-state index contributed by atoms with van der Waals surface area (Å²) < 4.78 is 26.8. The number of halogens is 2. The molecule has 1 heterocycles. The van der Waals surface area contributed by atoms with E-state index in [1.807, 2.05) is 0 Å². The Hall–Kier alpha value is -2.15. The monoisotopic (exact) mass is 325 g/mol. The zero-order valence-corrected chi connectivity index (χ0v) is 12.8. The number of amides is 2. The lowest BCUT2D eigenvalue weighted by Crippen LogP contribution is -2.46. The van der Waals surface area contributed by atoms with Gasteiger partial charge in [-0.05, 0) is 18.6 Å². The number of urea groups is 1. The molecule has 5 nitrogen and oxygen atoms in total. The van der Waals surface area contributed by atoms with Crippen molar-refractivity contribution in [2.75, 3.05) is 37.7 Å². The highest BCUT2D eigenvalue weighted by molar-refractivity contribution is 5.75. The van der Waals surface area contributed by atoms with Crippen LogP contribution in [-0.2, 0) is 0 Å². The first kappa shape index (κ1) is 17.2. The molecule has 126 valence electrons. The van der Waals surface area contributed by atoms with Crippen LogP contribution in [0.1, 0.15) is 6.42 Å². The lowest BCUT2D eigenvalue weighted by molar-refractivity contribution is 0.181. The van der Waals surface area contributed by atoms with Crippen LogP contribution in [0.5, 0.6) is 0 Å². The lowest BCUT2D eigenvalue weighted by Gasteiger charge is -2.24. The number of nitrogens with one attached hydrogen (secondary N) is 1. The first-order valence-electron chi connectivity index (χ1n) is 7.52. The van der Waals surface area contributed by atoms with E-state index in [2.05, 4.69) is 11.9 Å². The van der Waals surface area contributed by atoms with Crippen molar-refractivity contribution in [1.29, 1.82) is 0 Å². The molecule has 2 rings (SSSR count).